The van der Waals surface area contributed by atoms with Crippen LogP contribution in [0.4, 0.5) is 4.39 Å². The summed E-state index contributed by atoms with van der Waals surface area (Å²) in [6.45, 7) is 3.28. The highest BCUT2D eigenvalue weighted by molar-refractivity contribution is 5.30. The van der Waals surface area contributed by atoms with Crippen LogP contribution in [-0.4, -0.2) is 32.1 Å². The molecule has 0 heterocycles. The van der Waals surface area contributed by atoms with Crippen LogP contribution in [0.25, 0.3) is 0 Å². The fourth-order valence-electron chi connectivity index (χ4n) is 1.48. The fraction of sp³-hybridized carbons (Fsp3) is 0.538. The third kappa shape index (κ3) is 4.71. The maximum Gasteiger partial charge on any atom is 0.165 e. The first-order valence-corrected chi connectivity index (χ1v) is 5.83. The lowest BCUT2D eigenvalue weighted by atomic mass is 10.1. The smallest absolute Gasteiger partial charge is 0.165 e. The van der Waals surface area contributed by atoms with Crippen LogP contribution in [-0.2, 0) is 0 Å². The van der Waals surface area contributed by atoms with Gasteiger partial charge < -0.3 is 15.4 Å². The summed E-state index contributed by atoms with van der Waals surface area (Å²) in [5, 5.41) is 0. The van der Waals surface area contributed by atoms with Crippen molar-refractivity contribution in [1.82, 2.24) is 4.90 Å². The molecule has 4 heteroatoms. The Labute approximate surface area is 102 Å². The Bertz CT molecular complexity index is 353. The van der Waals surface area contributed by atoms with Crippen molar-refractivity contribution >= 4 is 0 Å². The Kier molecular flexibility index (Phi) is 5.38. The van der Waals surface area contributed by atoms with E-state index in [0.717, 1.165) is 18.5 Å². The summed E-state index contributed by atoms with van der Waals surface area (Å²) < 4.78 is 19.0. The largest absolute Gasteiger partial charge is 0.490 e. The Morgan fingerprint density at radius 2 is 2.12 bits per heavy atom. The number of hydrogen-bond acceptors (Lipinski definition) is 3. The van der Waals surface area contributed by atoms with E-state index in [0.29, 0.717) is 12.4 Å². The number of nitrogens with two attached hydrogens (primary N) is 1. The van der Waals surface area contributed by atoms with Gasteiger partial charge in [0.05, 0.1) is 6.61 Å². The molecule has 0 saturated heterocycles. The van der Waals surface area contributed by atoms with E-state index < -0.39 is 0 Å². The highest BCUT2D eigenvalue weighted by atomic mass is 19.1. The van der Waals surface area contributed by atoms with E-state index in [9.17, 15) is 4.39 Å². The Hall–Kier alpha value is -1.13. The first kappa shape index (κ1) is 13.9. The third-order valence-corrected chi connectivity index (χ3v) is 2.49. The van der Waals surface area contributed by atoms with Gasteiger partial charge in [-0.3, -0.25) is 0 Å². The third-order valence-electron chi connectivity index (χ3n) is 2.49. The molecule has 0 aliphatic rings. The number of benzene rings is 1. The van der Waals surface area contributed by atoms with Crippen molar-refractivity contribution in [2.24, 2.45) is 5.73 Å². The standard InChI is InChI=1S/C13H21FN2O/c1-10(15)11-5-6-13(12(14)9-11)17-8-4-7-16(2)3/h5-6,9-10H,4,7-8,15H2,1-3H3/t10-/m0/s1. The molecule has 0 bridgehead atoms. The second-order valence-electron chi connectivity index (χ2n) is 4.48. The van der Waals surface area contributed by atoms with Crippen LogP contribution in [0.5, 0.6) is 5.75 Å². The van der Waals surface area contributed by atoms with Gasteiger partial charge >= 0.3 is 0 Å². The maximum atomic E-state index is 13.6. The molecular weight excluding hydrogens is 219 g/mol. The van der Waals surface area contributed by atoms with Crippen LogP contribution >= 0.6 is 0 Å². The molecule has 0 fully saturated rings. The van der Waals surface area contributed by atoms with Crippen LogP contribution in [0.2, 0.25) is 0 Å². The summed E-state index contributed by atoms with van der Waals surface area (Å²) >= 11 is 0. The van der Waals surface area contributed by atoms with Crippen molar-refractivity contribution in [3.8, 4) is 5.75 Å². The number of ether oxygens (including phenoxy) is 1. The van der Waals surface area contributed by atoms with Crippen LogP contribution in [0.15, 0.2) is 18.2 Å². The lowest BCUT2D eigenvalue weighted by Crippen LogP contribution is -2.15. The topological polar surface area (TPSA) is 38.5 Å². The molecule has 1 atom stereocenters. The zero-order valence-corrected chi connectivity index (χ0v) is 10.7. The SMILES string of the molecule is C[C@H](N)c1ccc(OCCCN(C)C)c(F)c1. The van der Waals surface area contributed by atoms with Crippen molar-refractivity contribution in [1.29, 1.82) is 0 Å². The monoisotopic (exact) mass is 240 g/mol. The molecule has 1 rings (SSSR count). The van der Waals surface area contributed by atoms with Crippen LogP contribution in [0.1, 0.15) is 24.9 Å². The number of hydrogen-bond donors (Lipinski definition) is 1. The van der Waals surface area contributed by atoms with Gasteiger partial charge in [-0.05, 0) is 45.1 Å². The predicted octanol–water partition coefficient (Wildman–Crippen LogP) is 2.18. The van der Waals surface area contributed by atoms with E-state index in [4.69, 9.17) is 10.5 Å². The van der Waals surface area contributed by atoms with E-state index in [-0.39, 0.29) is 11.9 Å². The zero-order chi connectivity index (χ0) is 12.8. The molecular formula is C13H21FN2O. The summed E-state index contributed by atoms with van der Waals surface area (Å²) in [6.07, 6.45) is 0.876. The summed E-state index contributed by atoms with van der Waals surface area (Å²) in [5.74, 6) is -0.0437. The number of nitrogens with zero attached hydrogens (tertiary/aromatic N) is 1. The lowest BCUT2D eigenvalue weighted by molar-refractivity contribution is 0.271. The molecule has 0 spiro atoms. The molecule has 0 aliphatic carbocycles. The van der Waals surface area contributed by atoms with Crippen molar-refractivity contribution in [2.45, 2.75) is 19.4 Å². The first-order chi connectivity index (χ1) is 8.00. The molecule has 0 aliphatic heterocycles. The highest BCUT2D eigenvalue weighted by Gasteiger charge is 2.07. The molecule has 17 heavy (non-hydrogen) atoms. The van der Waals surface area contributed by atoms with E-state index >= 15 is 0 Å². The minimum Gasteiger partial charge on any atom is -0.490 e. The normalized spacial score (nSPS) is 12.8. The van der Waals surface area contributed by atoms with Gasteiger partial charge in [-0.2, -0.15) is 0 Å². The Balaban J connectivity index is 2.49. The molecule has 0 radical (unpaired) electrons. The van der Waals surface area contributed by atoms with Crippen molar-refractivity contribution in [2.75, 3.05) is 27.2 Å². The molecule has 1 aromatic carbocycles. The fourth-order valence-corrected chi connectivity index (χ4v) is 1.48. The van der Waals surface area contributed by atoms with E-state index in [2.05, 4.69) is 4.90 Å². The average molecular weight is 240 g/mol. The molecule has 3 nitrogen and oxygen atoms in total. The quantitative estimate of drug-likeness (QED) is 0.774. The van der Waals surface area contributed by atoms with Gasteiger partial charge in [-0.25, -0.2) is 4.39 Å². The minimum absolute atomic E-state index is 0.160. The summed E-state index contributed by atoms with van der Waals surface area (Å²) in [7, 11) is 4.00. The molecule has 0 amide bonds. The second kappa shape index (κ2) is 6.57. The van der Waals surface area contributed by atoms with Gasteiger partial charge in [0.2, 0.25) is 0 Å². The van der Waals surface area contributed by atoms with Gasteiger partial charge in [-0.1, -0.05) is 6.07 Å². The molecule has 0 unspecified atom stereocenters. The molecule has 0 saturated carbocycles. The molecule has 96 valence electrons. The van der Waals surface area contributed by atoms with Gasteiger partial charge in [0, 0.05) is 12.6 Å². The number of halogens is 1. The first-order valence-electron chi connectivity index (χ1n) is 5.83. The van der Waals surface area contributed by atoms with E-state index in [1.54, 1.807) is 12.1 Å². The average Bonchev–Trinajstić information content (AvgIpc) is 2.25. The highest BCUT2D eigenvalue weighted by Crippen LogP contribution is 2.21. The van der Waals surface area contributed by atoms with Gasteiger partial charge in [0.1, 0.15) is 0 Å². The zero-order valence-electron chi connectivity index (χ0n) is 10.7. The van der Waals surface area contributed by atoms with Gasteiger partial charge in [0.25, 0.3) is 0 Å². The van der Waals surface area contributed by atoms with Crippen LogP contribution in [0, 0.1) is 5.82 Å². The van der Waals surface area contributed by atoms with Gasteiger partial charge in [0.15, 0.2) is 11.6 Å². The number of rotatable bonds is 6. The Morgan fingerprint density at radius 1 is 1.41 bits per heavy atom. The van der Waals surface area contributed by atoms with Gasteiger partial charge in [-0.15, -0.1) is 0 Å². The van der Waals surface area contributed by atoms with Crippen LogP contribution < -0.4 is 10.5 Å². The summed E-state index contributed by atoms with van der Waals surface area (Å²) in [5.41, 5.74) is 6.46. The molecule has 2 N–H and O–H groups in total. The van der Waals surface area contributed by atoms with Crippen molar-refractivity contribution in [3.05, 3.63) is 29.6 Å². The summed E-state index contributed by atoms with van der Waals surface area (Å²) in [6, 6.07) is 4.72. The van der Waals surface area contributed by atoms with E-state index in [1.807, 2.05) is 21.0 Å². The molecule has 0 aromatic heterocycles. The molecule has 1 aromatic rings. The van der Waals surface area contributed by atoms with Crippen LogP contribution in [0.3, 0.4) is 0 Å². The van der Waals surface area contributed by atoms with E-state index in [1.165, 1.54) is 6.07 Å². The Morgan fingerprint density at radius 3 is 2.65 bits per heavy atom. The second-order valence-corrected chi connectivity index (χ2v) is 4.48. The summed E-state index contributed by atoms with van der Waals surface area (Å²) in [4.78, 5) is 2.07. The van der Waals surface area contributed by atoms with Crippen molar-refractivity contribution < 1.29 is 9.13 Å². The minimum atomic E-state index is -0.343. The predicted molar refractivity (Wildman–Crippen MR) is 67.7 cm³/mol. The van der Waals surface area contributed by atoms with Crippen molar-refractivity contribution in [3.63, 3.8) is 0 Å². The lowest BCUT2D eigenvalue weighted by Gasteiger charge is -2.12. The maximum absolute atomic E-state index is 13.6.